The van der Waals surface area contributed by atoms with Gasteiger partial charge in [-0.05, 0) is 13.0 Å². The molecule has 0 saturated heterocycles. The van der Waals surface area contributed by atoms with E-state index in [4.69, 9.17) is 5.26 Å². The van der Waals surface area contributed by atoms with Crippen LogP contribution in [0.15, 0.2) is 30.0 Å². The largest absolute Gasteiger partial charge is 0.434 e. The number of urea groups is 1. The predicted molar refractivity (Wildman–Crippen MR) is 98.8 cm³/mol. The van der Waals surface area contributed by atoms with E-state index in [1.807, 2.05) is 0 Å². The second-order valence-corrected chi connectivity index (χ2v) is 6.40. The molecule has 0 saturated carbocycles. The monoisotopic (exact) mass is 419 g/mol. The Bertz CT molecular complexity index is 1070. The van der Waals surface area contributed by atoms with Crippen LogP contribution in [0.5, 0.6) is 0 Å². The van der Waals surface area contributed by atoms with Crippen molar-refractivity contribution in [3.8, 4) is 27.8 Å². The quantitative estimate of drug-likeness (QED) is 0.666. The second-order valence-electron chi connectivity index (χ2n) is 5.54. The Balaban J connectivity index is 2.08. The molecule has 12 heteroatoms. The number of nitrogens with one attached hydrogen (secondary N) is 2. The lowest BCUT2D eigenvalue weighted by Crippen LogP contribution is -2.28. The Labute approximate surface area is 166 Å². The SMILES string of the molecule is CCNC(=O)Nc1cc(-c2nc(C(F)(F)F)cs2)c(-c2cnc(C#N)nc2)cn1. The molecule has 0 fully saturated rings. The summed E-state index contributed by atoms with van der Waals surface area (Å²) in [5.41, 5.74) is 0.119. The number of hydrogen-bond acceptors (Lipinski definition) is 7. The van der Waals surface area contributed by atoms with Crippen LogP contribution in [0, 0.1) is 11.3 Å². The number of aromatic nitrogens is 4. The molecule has 2 N–H and O–H groups in total. The molecule has 0 aliphatic heterocycles. The van der Waals surface area contributed by atoms with Crippen molar-refractivity contribution in [3.63, 3.8) is 0 Å². The Morgan fingerprint density at radius 3 is 2.52 bits per heavy atom. The molecule has 0 aromatic carbocycles. The van der Waals surface area contributed by atoms with Gasteiger partial charge in [0.15, 0.2) is 5.69 Å². The van der Waals surface area contributed by atoms with Gasteiger partial charge in [-0.2, -0.15) is 18.4 Å². The second kappa shape index (κ2) is 8.19. The van der Waals surface area contributed by atoms with E-state index in [2.05, 4.69) is 30.6 Å². The third kappa shape index (κ3) is 4.64. The number of nitriles is 1. The summed E-state index contributed by atoms with van der Waals surface area (Å²) >= 11 is 0.803. The molecule has 3 heterocycles. The molecule has 0 bridgehead atoms. The Morgan fingerprint density at radius 2 is 1.93 bits per heavy atom. The number of amides is 2. The third-order valence-corrected chi connectivity index (χ3v) is 4.45. The number of hydrogen-bond donors (Lipinski definition) is 2. The number of halogens is 3. The predicted octanol–water partition coefficient (Wildman–Crippen LogP) is 3.69. The van der Waals surface area contributed by atoms with Crippen LogP contribution >= 0.6 is 11.3 Å². The van der Waals surface area contributed by atoms with Crippen LogP contribution in [0.3, 0.4) is 0 Å². The minimum absolute atomic E-state index is 0.0496. The van der Waals surface area contributed by atoms with Gasteiger partial charge in [0.1, 0.15) is 16.9 Å². The molecule has 3 rings (SSSR count). The van der Waals surface area contributed by atoms with E-state index < -0.39 is 17.9 Å². The smallest absolute Gasteiger partial charge is 0.338 e. The first-order valence-electron chi connectivity index (χ1n) is 8.12. The molecular formula is C17H12F3N7OS. The molecule has 3 aromatic heterocycles. The van der Waals surface area contributed by atoms with Gasteiger partial charge >= 0.3 is 12.2 Å². The average Bonchev–Trinajstić information content (AvgIpc) is 3.19. The number of pyridine rings is 1. The Kier molecular flexibility index (Phi) is 5.69. The van der Waals surface area contributed by atoms with E-state index >= 15 is 0 Å². The molecule has 29 heavy (non-hydrogen) atoms. The molecule has 3 aromatic rings. The summed E-state index contributed by atoms with van der Waals surface area (Å²) in [5, 5.41) is 14.9. The van der Waals surface area contributed by atoms with E-state index in [0.29, 0.717) is 23.2 Å². The summed E-state index contributed by atoms with van der Waals surface area (Å²) in [5.74, 6) is 0.0828. The summed E-state index contributed by atoms with van der Waals surface area (Å²) in [6.45, 7) is 2.13. The van der Waals surface area contributed by atoms with Crippen molar-refractivity contribution >= 4 is 23.2 Å². The van der Waals surface area contributed by atoms with Crippen LogP contribution in [-0.4, -0.2) is 32.5 Å². The highest BCUT2D eigenvalue weighted by Crippen LogP contribution is 2.38. The molecule has 0 radical (unpaired) electrons. The first kappa shape index (κ1) is 20.2. The minimum Gasteiger partial charge on any atom is -0.338 e. The van der Waals surface area contributed by atoms with Gasteiger partial charge in [0.05, 0.1) is 0 Å². The van der Waals surface area contributed by atoms with Gasteiger partial charge in [-0.1, -0.05) is 0 Å². The fraction of sp³-hybridized carbons (Fsp3) is 0.176. The first-order chi connectivity index (χ1) is 13.8. The van der Waals surface area contributed by atoms with Crippen LogP contribution in [0.4, 0.5) is 23.8 Å². The molecule has 2 amide bonds. The van der Waals surface area contributed by atoms with Gasteiger partial charge in [-0.15, -0.1) is 11.3 Å². The lowest BCUT2D eigenvalue weighted by molar-refractivity contribution is -0.140. The standard InChI is InChI=1S/C17H12F3N7OS/c1-2-22-16(28)27-13-3-10(15-26-12(8-29-15)17(18,19)20)11(7-25-13)9-5-23-14(4-21)24-6-9/h3,5-8H,2H2,1H3,(H2,22,25,27,28). The molecule has 0 aliphatic rings. The van der Waals surface area contributed by atoms with E-state index in [1.165, 1.54) is 24.7 Å². The van der Waals surface area contributed by atoms with Gasteiger partial charge in [0, 0.05) is 47.2 Å². The molecule has 0 aliphatic carbocycles. The van der Waals surface area contributed by atoms with Crippen molar-refractivity contribution in [2.24, 2.45) is 0 Å². The number of alkyl halides is 3. The van der Waals surface area contributed by atoms with Gasteiger partial charge in [-0.3, -0.25) is 5.32 Å². The maximum atomic E-state index is 13.0. The zero-order valence-corrected chi connectivity index (χ0v) is 15.6. The fourth-order valence-corrected chi connectivity index (χ4v) is 3.16. The number of carbonyl (C=O) groups is 1. The van der Waals surface area contributed by atoms with E-state index in [-0.39, 0.29) is 16.6 Å². The lowest BCUT2D eigenvalue weighted by Gasteiger charge is -2.11. The third-order valence-electron chi connectivity index (χ3n) is 3.57. The van der Waals surface area contributed by atoms with Crippen molar-refractivity contribution < 1.29 is 18.0 Å². The molecule has 8 nitrogen and oxygen atoms in total. The summed E-state index contributed by atoms with van der Waals surface area (Å²) in [6.07, 6.45) is -0.486. The maximum Gasteiger partial charge on any atom is 0.434 e. The molecule has 148 valence electrons. The Morgan fingerprint density at radius 1 is 1.21 bits per heavy atom. The lowest BCUT2D eigenvalue weighted by atomic mass is 10.1. The summed E-state index contributed by atoms with van der Waals surface area (Å²) < 4.78 is 38.9. The van der Waals surface area contributed by atoms with Gasteiger partial charge in [-0.25, -0.2) is 24.7 Å². The topological polar surface area (TPSA) is 116 Å². The van der Waals surface area contributed by atoms with Gasteiger partial charge < -0.3 is 5.32 Å². The highest BCUT2D eigenvalue weighted by Gasteiger charge is 2.34. The van der Waals surface area contributed by atoms with Crippen LogP contribution in [-0.2, 0) is 6.18 Å². The van der Waals surface area contributed by atoms with E-state index in [0.717, 1.165) is 16.7 Å². The summed E-state index contributed by atoms with van der Waals surface area (Å²) in [6, 6.07) is 2.70. The maximum absolute atomic E-state index is 13.0. The zero-order valence-electron chi connectivity index (χ0n) is 14.8. The fourth-order valence-electron chi connectivity index (χ4n) is 2.30. The highest BCUT2D eigenvalue weighted by atomic mass is 32.1. The normalized spacial score (nSPS) is 11.0. The summed E-state index contributed by atoms with van der Waals surface area (Å²) in [4.78, 5) is 27.3. The highest BCUT2D eigenvalue weighted by molar-refractivity contribution is 7.13. The van der Waals surface area contributed by atoms with E-state index in [9.17, 15) is 18.0 Å². The number of nitrogens with zero attached hydrogens (tertiary/aromatic N) is 5. The molecule has 0 atom stereocenters. The number of rotatable bonds is 4. The van der Waals surface area contributed by atoms with Crippen molar-refractivity contribution in [1.82, 2.24) is 25.3 Å². The zero-order chi connectivity index (χ0) is 21.0. The van der Waals surface area contributed by atoms with Crippen molar-refractivity contribution in [1.29, 1.82) is 5.26 Å². The van der Waals surface area contributed by atoms with Crippen molar-refractivity contribution in [2.45, 2.75) is 13.1 Å². The van der Waals surface area contributed by atoms with Crippen LogP contribution in [0.1, 0.15) is 18.4 Å². The number of anilines is 1. The molecule has 0 unspecified atom stereocenters. The first-order valence-corrected chi connectivity index (χ1v) is 9.00. The van der Waals surface area contributed by atoms with E-state index in [1.54, 1.807) is 13.0 Å². The molecule has 0 spiro atoms. The number of carbonyl (C=O) groups excluding carboxylic acids is 1. The van der Waals surface area contributed by atoms with Crippen LogP contribution < -0.4 is 10.6 Å². The van der Waals surface area contributed by atoms with Crippen LogP contribution in [0.2, 0.25) is 0 Å². The minimum atomic E-state index is -4.58. The van der Waals surface area contributed by atoms with Crippen LogP contribution in [0.25, 0.3) is 21.7 Å². The Hall–Kier alpha value is -3.59. The van der Waals surface area contributed by atoms with Crippen molar-refractivity contribution in [2.75, 3.05) is 11.9 Å². The van der Waals surface area contributed by atoms with Crippen molar-refractivity contribution in [3.05, 3.63) is 41.6 Å². The average molecular weight is 419 g/mol. The summed E-state index contributed by atoms with van der Waals surface area (Å²) in [7, 11) is 0. The van der Waals surface area contributed by atoms with Gasteiger partial charge in [0.25, 0.3) is 0 Å². The van der Waals surface area contributed by atoms with Gasteiger partial charge in [0.2, 0.25) is 5.82 Å². The molecular weight excluding hydrogens is 407 g/mol. The number of thiazole rings is 1.